The molecule has 1 N–H and O–H groups in total. The summed E-state index contributed by atoms with van der Waals surface area (Å²) in [6.45, 7) is 3.90. The highest BCUT2D eigenvalue weighted by molar-refractivity contribution is 5.76. The van der Waals surface area contributed by atoms with E-state index in [0.29, 0.717) is 12.2 Å². The minimum Gasteiger partial charge on any atom is -0.352 e. The third kappa shape index (κ3) is 5.64. The van der Waals surface area contributed by atoms with Crippen LogP contribution in [0.3, 0.4) is 0 Å². The first-order valence-electron chi connectivity index (χ1n) is 10.1. The van der Waals surface area contributed by atoms with Crippen LogP contribution in [0.1, 0.15) is 31.5 Å². The summed E-state index contributed by atoms with van der Waals surface area (Å²) in [5.41, 5.74) is 2.59. The average molecular weight is 389 g/mol. The molecule has 1 amide bonds. The Hall–Kier alpha value is -3.21. The van der Waals surface area contributed by atoms with Gasteiger partial charge < -0.3 is 5.32 Å². The number of carbonyl (C=O) groups is 1. The number of aryl methyl sites for hydroxylation is 2. The molecule has 0 aliphatic heterocycles. The van der Waals surface area contributed by atoms with Gasteiger partial charge in [0.2, 0.25) is 5.91 Å². The fourth-order valence-electron chi connectivity index (χ4n) is 3.26. The van der Waals surface area contributed by atoms with Gasteiger partial charge in [-0.1, -0.05) is 67.6 Å². The second kappa shape index (κ2) is 9.82. The van der Waals surface area contributed by atoms with Gasteiger partial charge in [-0.3, -0.25) is 14.2 Å². The first-order valence-corrected chi connectivity index (χ1v) is 10.1. The fourth-order valence-corrected chi connectivity index (χ4v) is 3.26. The molecule has 5 heteroatoms. The lowest BCUT2D eigenvalue weighted by molar-refractivity contribution is -0.122. The van der Waals surface area contributed by atoms with Crippen molar-refractivity contribution in [3.8, 4) is 11.4 Å². The van der Waals surface area contributed by atoms with Crippen LogP contribution >= 0.6 is 0 Å². The fraction of sp³-hybridized carbons (Fsp3) is 0.292. The second-order valence-corrected chi connectivity index (χ2v) is 7.21. The van der Waals surface area contributed by atoms with Gasteiger partial charge in [-0.15, -0.1) is 0 Å². The second-order valence-electron chi connectivity index (χ2n) is 7.21. The molecule has 0 radical (unpaired) electrons. The van der Waals surface area contributed by atoms with Crippen LogP contribution in [0.2, 0.25) is 0 Å². The van der Waals surface area contributed by atoms with Crippen LogP contribution < -0.4 is 10.9 Å². The molecule has 0 spiro atoms. The number of carbonyl (C=O) groups excluding carboxylic acids is 1. The van der Waals surface area contributed by atoms with Gasteiger partial charge in [0, 0.05) is 23.4 Å². The largest absolute Gasteiger partial charge is 0.352 e. The highest BCUT2D eigenvalue weighted by Crippen LogP contribution is 2.16. The molecule has 0 bridgehead atoms. The van der Waals surface area contributed by atoms with Crippen LogP contribution in [0.25, 0.3) is 11.4 Å². The first-order chi connectivity index (χ1) is 14.1. The van der Waals surface area contributed by atoms with Crippen molar-refractivity contribution in [3.63, 3.8) is 0 Å². The van der Waals surface area contributed by atoms with Gasteiger partial charge in [0.1, 0.15) is 12.4 Å². The van der Waals surface area contributed by atoms with E-state index < -0.39 is 0 Å². The molecule has 0 aliphatic carbocycles. The predicted molar refractivity (Wildman–Crippen MR) is 116 cm³/mol. The Labute approximate surface area is 171 Å². The van der Waals surface area contributed by atoms with E-state index in [1.807, 2.05) is 62.4 Å². The number of amides is 1. The Morgan fingerprint density at radius 2 is 1.72 bits per heavy atom. The zero-order valence-corrected chi connectivity index (χ0v) is 17.0. The molecular formula is C24H27N3O2. The minimum atomic E-state index is -0.206. The highest BCUT2D eigenvalue weighted by atomic mass is 16.2. The molecule has 1 aromatic heterocycles. The van der Waals surface area contributed by atoms with Crippen molar-refractivity contribution < 1.29 is 4.79 Å². The van der Waals surface area contributed by atoms with Crippen molar-refractivity contribution in [2.75, 3.05) is 0 Å². The maximum atomic E-state index is 12.7. The topological polar surface area (TPSA) is 64.0 Å². The van der Waals surface area contributed by atoms with Crippen LogP contribution in [0.4, 0.5) is 0 Å². The van der Waals surface area contributed by atoms with Crippen LogP contribution in [0.5, 0.6) is 0 Å². The van der Waals surface area contributed by atoms with E-state index in [4.69, 9.17) is 0 Å². The number of rotatable bonds is 8. The Morgan fingerprint density at radius 3 is 2.38 bits per heavy atom. The molecule has 1 heterocycles. The summed E-state index contributed by atoms with van der Waals surface area (Å²) in [5.74, 6) is 0.345. The van der Waals surface area contributed by atoms with Gasteiger partial charge in [0.25, 0.3) is 5.56 Å². The molecule has 0 saturated heterocycles. The maximum Gasteiger partial charge on any atom is 0.254 e. The molecule has 3 rings (SSSR count). The van der Waals surface area contributed by atoms with Crippen molar-refractivity contribution in [2.24, 2.45) is 0 Å². The van der Waals surface area contributed by atoms with Crippen molar-refractivity contribution >= 4 is 5.91 Å². The molecular weight excluding hydrogens is 362 g/mol. The number of nitrogens with one attached hydrogen (secondary N) is 1. The van der Waals surface area contributed by atoms with Gasteiger partial charge in [0.05, 0.1) is 0 Å². The molecule has 5 nitrogen and oxygen atoms in total. The SMILES string of the molecule is CCc1cc(=O)n(CC(=O)NC(C)CCc2ccccc2)c(-c2ccccc2)n1. The highest BCUT2D eigenvalue weighted by Gasteiger charge is 2.15. The molecule has 1 unspecified atom stereocenters. The molecule has 0 fully saturated rings. The molecule has 2 aromatic carbocycles. The van der Waals surface area contributed by atoms with Crippen LogP contribution in [0, 0.1) is 0 Å². The number of aromatic nitrogens is 2. The Bertz CT molecular complexity index is 998. The number of hydrogen-bond donors (Lipinski definition) is 1. The zero-order valence-electron chi connectivity index (χ0n) is 17.0. The standard InChI is InChI=1S/C24H27N3O2/c1-3-21-16-23(29)27(24(26-21)20-12-8-5-9-13-20)17-22(28)25-18(2)14-15-19-10-6-4-7-11-19/h4-13,16,18H,3,14-15,17H2,1-2H3,(H,25,28). The number of benzene rings is 2. The van der Waals surface area contributed by atoms with Gasteiger partial charge in [-0.2, -0.15) is 0 Å². The average Bonchev–Trinajstić information content (AvgIpc) is 2.74. The van der Waals surface area contributed by atoms with Gasteiger partial charge >= 0.3 is 0 Å². The summed E-state index contributed by atoms with van der Waals surface area (Å²) >= 11 is 0. The lowest BCUT2D eigenvalue weighted by Gasteiger charge is -2.17. The summed E-state index contributed by atoms with van der Waals surface area (Å²) in [4.78, 5) is 29.9. The quantitative estimate of drug-likeness (QED) is 0.640. The van der Waals surface area contributed by atoms with E-state index in [0.717, 1.165) is 24.1 Å². The molecule has 29 heavy (non-hydrogen) atoms. The van der Waals surface area contributed by atoms with Crippen molar-refractivity contribution in [3.05, 3.63) is 88.3 Å². The Morgan fingerprint density at radius 1 is 1.07 bits per heavy atom. The Balaban J connectivity index is 1.72. The minimum absolute atomic E-state index is 0.0152. The smallest absolute Gasteiger partial charge is 0.254 e. The molecule has 150 valence electrons. The van der Waals surface area contributed by atoms with Crippen LogP contribution in [-0.2, 0) is 24.2 Å². The van der Waals surface area contributed by atoms with E-state index >= 15 is 0 Å². The number of nitrogens with zero attached hydrogens (tertiary/aromatic N) is 2. The summed E-state index contributed by atoms with van der Waals surface area (Å²) < 4.78 is 1.45. The van der Waals surface area contributed by atoms with Crippen molar-refractivity contribution in [1.82, 2.24) is 14.9 Å². The van der Waals surface area contributed by atoms with Crippen LogP contribution in [0.15, 0.2) is 71.5 Å². The Kier molecular flexibility index (Phi) is 6.95. The maximum absolute atomic E-state index is 12.7. The van der Waals surface area contributed by atoms with Crippen molar-refractivity contribution in [1.29, 1.82) is 0 Å². The number of hydrogen-bond acceptors (Lipinski definition) is 3. The van der Waals surface area contributed by atoms with E-state index in [-0.39, 0.29) is 24.1 Å². The summed E-state index contributed by atoms with van der Waals surface area (Å²) in [7, 11) is 0. The third-order valence-corrected chi connectivity index (χ3v) is 4.87. The van der Waals surface area contributed by atoms with Gasteiger partial charge in [-0.05, 0) is 31.7 Å². The van der Waals surface area contributed by atoms with E-state index in [9.17, 15) is 9.59 Å². The molecule has 1 atom stereocenters. The first kappa shape index (κ1) is 20.5. The summed E-state index contributed by atoms with van der Waals surface area (Å²) in [6, 6.07) is 21.2. The summed E-state index contributed by atoms with van der Waals surface area (Å²) in [6.07, 6.45) is 2.39. The van der Waals surface area contributed by atoms with Crippen LogP contribution in [-0.4, -0.2) is 21.5 Å². The molecule has 3 aromatic rings. The predicted octanol–water partition coefficient (Wildman–Crippen LogP) is 3.61. The lowest BCUT2D eigenvalue weighted by Crippen LogP contribution is -2.38. The van der Waals surface area contributed by atoms with E-state index in [2.05, 4.69) is 22.4 Å². The van der Waals surface area contributed by atoms with Crippen molar-refractivity contribution in [2.45, 2.75) is 45.7 Å². The monoisotopic (exact) mass is 389 g/mol. The van der Waals surface area contributed by atoms with E-state index in [1.165, 1.54) is 16.2 Å². The normalized spacial score (nSPS) is 11.8. The third-order valence-electron chi connectivity index (χ3n) is 4.87. The molecule has 0 saturated carbocycles. The van der Waals surface area contributed by atoms with Gasteiger partial charge in [0.15, 0.2) is 0 Å². The molecule has 0 aliphatic rings. The summed E-state index contributed by atoms with van der Waals surface area (Å²) in [5, 5.41) is 3.01. The van der Waals surface area contributed by atoms with Gasteiger partial charge in [-0.25, -0.2) is 4.98 Å². The lowest BCUT2D eigenvalue weighted by atomic mass is 10.1. The van der Waals surface area contributed by atoms with E-state index in [1.54, 1.807) is 0 Å². The zero-order chi connectivity index (χ0) is 20.6.